The van der Waals surface area contributed by atoms with E-state index in [-0.39, 0.29) is 0 Å². The molecule has 8 rings (SSSR count). The first-order valence-electron chi connectivity index (χ1n) is 12.1. The molecule has 0 radical (unpaired) electrons. The predicted molar refractivity (Wildman–Crippen MR) is 149 cm³/mol. The minimum Gasteiger partial charge on any atom is -0.308 e. The molecule has 0 aliphatic rings. The van der Waals surface area contributed by atoms with E-state index < -0.39 is 0 Å². The van der Waals surface area contributed by atoms with Gasteiger partial charge in [-0.05, 0) is 57.3 Å². The van der Waals surface area contributed by atoms with Crippen molar-refractivity contribution in [3.63, 3.8) is 0 Å². The average Bonchev–Trinajstić information content (AvgIpc) is 3.45. The van der Waals surface area contributed by atoms with Gasteiger partial charge in [0.2, 0.25) is 0 Å². The summed E-state index contributed by atoms with van der Waals surface area (Å²) in [7, 11) is 0. The van der Waals surface area contributed by atoms with E-state index in [0.29, 0.717) is 0 Å². The summed E-state index contributed by atoms with van der Waals surface area (Å²) in [5.74, 6) is 0. The van der Waals surface area contributed by atoms with Gasteiger partial charge in [-0.25, -0.2) is 0 Å². The third-order valence-electron chi connectivity index (χ3n) is 7.52. The minimum absolute atomic E-state index is 1.24. The Bertz CT molecular complexity index is 2050. The van der Waals surface area contributed by atoms with Crippen LogP contribution in [0.1, 0.15) is 0 Å². The Morgan fingerprint density at radius 1 is 0.371 bits per heavy atom. The summed E-state index contributed by atoms with van der Waals surface area (Å²) in [6.07, 6.45) is 0. The maximum absolute atomic E-state index is 2.44. The molecule has 0 atom stereocenters. The average molecular weight is 444 g/mol. The summed E-state index contributed by atoms with van der Waals surface area (Å²) >= 11 is 0. The van der Waals surface area contributed by atoms with E-state index in [1.165, 1.54) is 71.1 Å². The van der Waals surface area contributed by atoms with Gasteiger partial charge in [-0.1, -0.05) is 103 Å². The largest absolute Gasteiger partial charge is 0.308 e. The predicted octanol–water partition coefficient (Wildman–Crippen LogP) is 9.32. The van der Waals surface area contributed by atoms with Gasteiger partial charge in [0, 0.05) is 21.5 Å². The van der Waals surface area contributed by atoms with Crippen LogP contribution >= 0.6 is 0 Å². The highest BCUT2D eigenvalue weighted by Crippen LogP contribution is 2.40. The van der Waals surface area contributed by atoms with Gasteiger partial charge in [-0.2, -0.15) is 0 Å². The molecule has 8 aromatic rings. The number of hydrogen-bond donors (Lipinski definition) is 0. The number of benzene rings is 6. The van der Waals surface area contributed by atoms with Crippen LogP contribution in [0.3, 0.4) is 0 Å². The Morgan fingerprint density at radius 2 is 1.00 bits per heavy atom. The summed E-state index contributed by atoms with van der Waals surface area (Å²) in [4.78, 5) is 0. The minimum atomic E-state index is 1.24. The Balaban J connectivity index is 1.36. The fraction of sp³-hybridized carbons (Fsp3) is 0. The fourth-order valence-corrected chi connectivity index (χ4v) is 5.96. The van der Waals surface area contributed by atoms with Crippen LogP contribution in [0.15, 0.2) is 127 Å². The van der Waals surface area contributed by atoms with Crippen molar-refractivity contribution in [1.29, 1.82) is 0 Å². The second-order valence-corrected chi connectivity index (χ2v) is 9.39. The molecule has 0 aliphatic heterocycles. The van der Waals surface area contributed by atoms with E-state index in [1.54, 1.807) is 0 Å². The van der Waals surface area contributed by atoms with Crippen molar-refractivity contribution in [2.45, 2.75) is 0 Å². The van der Waals surface area contributed by atoms with Crippen LogP contribution in [0.5, 0.6) is 0 Å². The van der Waals surface area contributed by atoms with E-state index in [4.69, 9.17) is 0 Å². The molecule has 1 nitrogen and oxygen atoms in total. The lowest BCUT2D eigenvalue weighted by molar-refractivity contribution is 1.37. The molecule has 0 spiro atoms. The fourth-order valence-electron chi connectivity index (χ4n) is 5.96. The van der Waals surface area contributed by atoms with Gasteiger partial charge in [0.05, 0.1) is 16.6 Å². The second-order valence-electron chi connectivity index (χ2n) is 9.39. The maximum Gasteiger partial charge on any atom is 0.0620 e. The summed E-state index contributed by atoms with van der Waals surface area (Å²) in [6.45, 7) is 0. The standard InChI is InChI=1S/C34H21N/c1-2-12-26-22(8-1)9-6-14-27(26)25-11-5-10-23(20-25)24-18-19-33-31(21-24)30-16-7-15-29-28-13-3-4-17-32(28)35(33)34(29)30/h1-21H. The van der Waals surface area contributed by atoms with Gasteiger partial charge < -0.3 is 4.40 Å². The number of hydrogen-bond acceptors (Lipinski definition) is 0. The van der Waals surface area contributed by atoms with Crippen molar-refractivity contribution >= 4 is 48.9 Å². The third kappa shape index (κ3) is 2.58. The maximum atomic E-state index is 2.44. The summed E-state index contributed by atoms with van der Waals surface area (Å²) in [5, 5.41) is 7.84. The Morgan fingerprint density at radius 3 is 1.94 bits per heavy atom. The molecule has 0 saturated heterocycles. The lowest BCUT2D eigenvalue weighted by atomic mass is 9.95. The molecule has 2 heterocycles. The van der Waals surface area contributed by atoms with Crippen LogP contribution in [0.4, 0.5) is 0 Å². The van der Waals surface area contributed by atoms with Gasteiger partial charge >= 0.3 is 0 Å². The highest BCUT2D eigenvalue weighted by Gasteiger charge is 2.17. The van der Waals surface area contributed by atoms with E-state index in [1.807, 2.05) is 0 Å². The Labute approximate surface area is 202 Å². The van der Waals surface area contributed by atoms with Crippen LogP contribution in [0.25, 0.3) is 71.1 Å². The van der Waals surface area contributed by atoms with Crippen LogP contribution in [0.2, 0.25) is 0 Å². The highest BCUT2D eigenvalue weighted by molar-refractivity contribution is 6.23. The molecular weight excluding hydrogens is 422 g/mol. The molecular formula is C34H21N. The smallest absolute Gasteiger partial charge is 0.0620 e. The van der Waals surface area contributed by atoms with Crippen LogP contribution in [-0.4, -0.2) is 4.40 Å². The number of aromatic nitrogens is 1. The first kappa shape index (κ1) is 18.8. The molecule has 0 saturated carbocycles. The molecule has 0 bridgehead atoms. The van der Waals surface area contributed by atoms with Crippen molar-refractivity contribution in [3.05, 3.63) is 127 Å². The Kier molecular flexibility index (Phi) is 3.72. The summed E-state index contributed by atoms with van der Waals surface area (Å²) < 4.78 is 2.44. The van der Waals surface area contributed by atoms with Crippen LogP contribution < -0.4 is 0 Å². The molecule has 162 valence electrons. The number of fused-ring (bicyclic) bond motifs is 7. The molecule has 2 aromatic heterocycles. The van der Waals surface area contributed by atoms with E-state index in [9.17, 15) is 0 Å². The number of rotatable bonds is 2. The highest BCUT2D eigenvalue weighted by atomic mass is 14.9. The lowest BCUT2D eigenvalue weighted by Gasteiger charge is -2.10. The van der Waals surface area contributed by atoms with Gasteiger partial charge in [0.1, 0.15) is 0 Å². The first-order chi connectivity index (χ1) is 17.4. The van der Waals surface area contributed by atoms with Crippen molar-refractivity contribution < 1.29 is 0 Å². The van der Waals surface area contributed by atoms with Gasteiger partial charge in [0.15, 0.2) is 0 Å². The van der Waals surface area contributed by atoms with Gasteiger partial charge in [-0.15, -0.1) is 0 Å². The lowest BCUT2D eigenvalue weighted by Crippen LogP contribution is -1.84. The van der Waals surface area contributed by atoms with Crippen molar-refractivity contribution in [3.8, 4) is 22.3 Å². The summed E-state index contributed by atoms with van der Waals surface area (Å²) in [5.41, 5.74) is 8.89. The van der Waals surface area contributed by atoms with E-state index in [2.05, 4.69) is 132 Å². The number of para-hydroxylation sites is 2. The monoisotopic (exact) mass is 443 g/mol. The van der Waals surface area contributed by atoms with E-state index >= 15 is 0 Å². The molecule has 0 unspecified atom stereocenters. The zero-order chi connectivity index (χ0) is 22.9. The zero-order valence-electron chi connectivity index (χ0n) is 19.1. The molecule has 1 heteroatoms. The normalized spacial score (nSPS) is 12.0. The molecule has 0 N–H and O–H groups in total. The topological polar surface area (TPSA) is 4.41 Å². The quantitative estimate of drug-likeness (QED) is 0.251. The molecule has 35 heavy (non-hydrogen) atoms. The molecule has 6 aromatic carbocycles. The second kappa shape index (κ2) is 6.94. The van der Waals surface area contributed by atoms with E-state index in [0.717, 1.165) is 0 Å². The van der Waals surface area contributed by atoms with Crippen molar-refractivity contribution in [2.24, 2.45) is 0 Å². The Hall–Kier alpha value is -4.62. The zero-order valence-corrected chi connectivity index (χ0v) is 19.1. The SMILES string of the molecule is c1cc(-c2ccc3c(c2)c2cccc4c5ccccc5n3c42)cc(-c2cccc3ccccc23)c1. The van der Waals surface area contributed by atoms with Crippen molar-refractivity contribution in [2.75, 3.05) is 0 Å². The molecule has 0 aliphatic carbocycles. The van der Waals surface area contributed by atoms with Gasteiger partial charge in [0.25, 0.3) is 0 Å². The third-order valence-corrected chi connectivity index (χ3v) is 7.52. The molecule has 0 fully saturated rings. The molecule has 0 amide bonds. The van der Waals surface area contributed by atoms with Crippen LogP contribution in [-0.2, 0) is 0 Å². The van der Waals surface area contributed by atoms with Gasteiger partial charge in [-0.3, -0.25) is 0 Å². The van der Waals surface area contributed by atoms with Crippen LogP contribution in [0, 0.1) is 0 Å². The van der Waals surface area contributed by atoms with Crippen molar-refractivity contribution in [1.82, 2.24) is 4.40 Å². The summed E-state index contributed by atoms with van der Waals surface area (Å²) in [6, 6.07) is 46.5. The number of nitrogens with zero attached hydrogens (tertiary/aromatic N) is 1. The first-order valence-corrected chi connectivity index (χ1v) is 12.1.